The number of hydrogen-bond acceptors (Lipinski definition) is 4. The number of ether oxygens (including phenoxy) is 1. The van der Waals surface area contributed by atoms with E-state index in [1.807, 2.05) is 16.2 Å². The van der Waals surface area contributed by atoms with Crippen LogP contribution in [0.3, 0.4) is 0 Å². The van der Waals surface area contributed by atoms with Crippen LogP contribution in [-0.4, -0.2) is 36.7 Å². The van der Waals surface area contributed by atoms with E-state index in [9.17, 15) is 4.79 Å². The minimum absolute atomic E-state index is 0.164. The summed E-state index contributed by atoms with van der Waals surface area (Å²) >= 11 is 1.87. The van der Waals surface area contributed by atoms with Crippen LogP contribution in [0, 0.1) is 0 Å². The zero-order valence-electron chi connectivity index (χ0n) is 13.3. The van der Waals surface area contributed by atoms with E-state index < -0.39 is 0 Å². The van der Waals surface area contributed by atoms with Crippen LogP contribution in [-0.2, 0) is 28.9 Å². The summed E-state index contributed by atoms with van der Waals surface area (Å²) in [5.74, 6) is 0.164. The second-order valence-corrected chi connectivity index (χ2v) is 7.81. The van der Waals surface area contributed by atoms with Gasteiger partial charge in [0.05, 0.1) is 12.8 Å². The van der Waals surface area contributed by atoms with Gasteiger partial charge in [-0.2, -0.15) is 0 Å². The van der Waals surface area contributed by atoms with Gasteiger partial charge in [-0.25, -0.2) is 0 Å². The molecule has 3 heterocycles. The van der Waals surface area contributed by atoms with Gasteiger partial charge in [-0.05, 0) is 44.1 Å². The van der Waals surface area contributed by atoms with Gasteiger partial charge in [0.2, 0.25) is 5.91 Å². The van der Waals surface area contributed by atoms with E-state index in [1.54, 1.807) is 12.5 Å². The van der Waals surface area contributed by atoms with Gasteiger partial charge in [0, 0.05) is 37.1 Å². The van der Waals surface area contributed by atoms with Gasteiger partial charge in [0.1, 0.15) is 5.00 Å². The molecule has 1 aromatic heterocycles. The summed E-state index contributed by atoms with van der Waals surface area (Å²) in [6.07, 6.45) is 7.67. The summed E-state index contributed by atoms with van der Waals surface area (Å²) in [5.41, 5.74) is 2.98. The Balaban J connectivity index is 1.62. The molecule has 0 spiro atoms. The minimum Gasteiger partial charge on any atom is -0.377 e. The topological polar surface area (TPSA) is 32.8 Å². The van der Waals surface area contributed by atoms with Crippen LogP contribution in [0.2, 0.25) is 0 Å². The third kappa shape index (κ3) is 2.59. The fourth-order valence-corrected chi connectivity index (χ4v) is 5.41. The molecule has 5 heteroatoms. The maximum absolute atomic E-state index is 12.1. The molecule has 4 nitrogen and oxygen atoms in total. The van der Waals surface area contributed by atoms with Crippen LogP contribution in [0.4, 0.5) is 5.00 Å². The minimum atomic E-state index is 0.164. The van der Waals surface area contributed by atoms with Gasteiger partial charge in [-0.15, -0.1) is 11.3 Å². The van der Waals surface area contributed by atoms with Gasteiger partial charge in [-0.3, -0.25) is 14.6 Å². The lowest BCUT2D eigenvalue weighted by atomic mass is 9.94. The number of fused-ring (bicyclic) bond motifs is 3. The highest BCUT2D eigenvalue weighted by molar-refractivity contribution is 7.16. The molecule has 1 atom stereocenters. The molecule has 0 N–H and O–H groups in total. The molecule has 1 aliphatic carbocycles. The van der Waals surface area contributed by atoms with Crippen molar-refractivity contribution < 1.29 is 9.53 Å². The number of amides is 1. The average Bonchev–Trinajstić information content (AvgIpc) is 3.14. The molecule has 4 rings (SSSR count). The fourth-order valence-electron chi connectivity index (χ4n) is 3.98. The van der Waals surface area contributed by atoms with Gasteiger partial charge in [0.15, 0.2) is 0 Å². The number of nitrogens with zero attached hydrogens (tertiary/aromatic N) is 2. The molecule has 1 unspecified atom stereocenters. The highest BCUT2D eigenvalue weighted by Gasteiger charge is 2.33. The predicted molar refractivity (Wildman–Crippen MR) is 88.4 cm³/mol. The number of hydrogen-bond donors (Lipinski definition) is 0. The molecule has 1 amide bonds. The molecular formula is C17H24N2O2S. The number of carbonyl (C=O) groups is 1. The van der Waals surface area contributed by atoms with Gasteiger partial charge < -0.3 is 4.74 Å². The molecule has 3 aliphatic rings. The van der Waals surface area contributed by atoms with E-state index >= 15 is 0 Å². The standard InChI is InChI=1S/C17H24N2O2S/c1-12(20)19-11-18(9-13-5-4-8-21-13)10-15-14-6-2-3-7-16(14)22-17(15)19/h13H,2-11H2,1H3. The summed E-state index contributed by atoms with van der Waals surface area (Å²) in [4.78, 5) is 18.0. The van der Waals surface area contributed by atoms with Crippen LogP contribution < -0.4 is 4.90 Å². The van der Waals surface area contributed by atoms with E-state index in [0.717, 1.165) is 32.8 Å². The van der Waals surface area contributed by atoms with Crippen LogP contribution in [0.15, 0.2) is 0 Å². The molecule has 0 bridgehead atoms. The second kappa shape index (κ2) is 5.95. The lowest BCUT2D eigenvalue weighted by Crippen LogP contribution is -2.46. The zero-order valence-corrected chi connectivity index (χ0v) is 14.1. The largest absolute Gasteiger partial charge is 0.377 e. The van der Waals surface area contributed by atoms with E-state index in [2.05, 4.69) is 4.90 Å². The lowest BCUT2D eigenvalue weighted by molar-refractivity contribution is -0.117. The van der Waals surface area contributed by atoms with E-state index in [0.29, 0.717) is 6.10 Å². The second-order valence-electron chi connectivity index (χ2n) is 6.73. The first-order valence-corrected chi connectivity index (χ1v) is 9.29. The van der Waals surface area contributed by atoms with Crippen molar-refractivity contribution in [3.63, 3.8) is 0 Å². The number of rotatable bonds is 2. The Kier molecular flexibility index (Phi) is 3.96. The van der Waals surface area contributed by atoms with Crippen molar-refractivity contribution in [3.8, 4) is 0 Å². The Bertz CT molecular complexity index is 577. The Morgan fingerprint density at radius 1 is 1.27 bits per heavy atom. The first-order chi connectivity index (χ1) is 10.7. The SMILES string of the molecule is CC(=O)N1CN(CC2CCCO2)Cc2c1sc1c2CCCC1. The fraction of sp³-hybridized carbons (Fsp3) is 0.706. The maximum Gasteiger partial charge on any atom is 0.225 e. The van der Waals surface area contributed by atoms with E-state index in [-0.39, 0.29) is 5.91 Å². The number of carbonyl (C=O) groups excluding carboxylic acids is 1. The smallest absolute Gasteiger partial charge is 0.225 e. The summed E-state index contributed by atoms with van der Waals surface area (Å²) in [6, 6.07) is 0. The third-order valence-corrected chi connectivity index (χ3v) is 6.45. The first kappa shape index (κ1) is 14.7. The highest BCUT2D eigenvalue weighted by atomic mass is 32.1. The molecule has 120 valence electrons. The Labute approximate surface area is 136 Å². The molecule has 0 aromatic carbocycles. The predicted octanol–water partition coefficient (Wildman–Crippen LogP) is 2.93. The molecule has 0 radical (unpaired) electrons. The number of thiophene rings is 1. The van der Waals surface area contributed by atoms with E-state index in [1.165, 1.54) is 47.5 Å². The molecule has 2 aliphatic heterocycles. The first-order valence-electron chi connectivity index (χ1n) is 8.48. The van der Waals surface area contributed by atoms with E-state index in [4.69, 9.17) is 4.74 Å². The zero-order chi connectivity index (χ0) is 15.1. The molecule has 1 aromatic rings. The van der Waals surface area contributed by atoms with Gasteiger partial charge >= 0.3 is 0 Å². The van der Waals surface area contributed by atoms with Gasteiger partial charge in [-0.1, -0.05) is 0 Å². The van der Waals surface area contributed by atoms with Crippen molar-refractivity contribution in [2.24, 2.45) is 0 Å². The van der Waals surface area contributed by atoms with Crippen LogP contribution >= 0.6 is 11.3 Å². The highest BCUT2D eigenvalue weighted by Crippen LogP contribution is 2.43. The van der Waals surface area contributed by atoms with Gasteiger partial charge in [0.25, 0.3) is 0 Å². The molecule has 1 saturated heterocycles. The third-order valence-electron chi connectivity index (χ3n) is 5.09. The van der Waals surface area contributed by atoms with Crippen LogP contribution in [0.5, 0.6) is 0 Å². The van der Waals surface area contributed by atoms with Crippen molar-refractivity contribution >= 4 is 22.2 Å². The summed E-state index contributed by atoms with van der Waals surface area (Å²) in [6.45, 7) is 5.26. The molecule has 1 fully saturated rings. The summed E-state index contributed by atoms with van der Waals surface area (Å²) in [5, 5.41) is 1.22. The molecule has 0 saturated carbocycles. The quantitative estimate of drug-likeness (QED) is 0.840. The summed E-state index contributed by atoms with van der Waals surface area (Å²) in [7, 11) is 0. The lowest BCUT2D eigenvalue weighted by Gasteiger charge is -2.36. The monoisotopic (exact) mass is 320 g/mol. The molecular weight excluding hydrogens is 296 g/mol. The van der Waals surface area contributed by atoms with Crippen molar-refractivity contribution in [1.29, 1.82) is 0 Å². The Morgan fingerprint density at radius 3 is 2.91 bits per heavy atom. The average molecular weight is 320 g/mol. The maximum atomic E-state index is 12.1. The van der Waals surface area contributed by atoms with Crippen molar-refractivity contribution in [2.75, 3.05) is 24.7 Å². The van der Waals surface area contributed by atoms with Crippen LogP contribution in [0.25, 0.3) is 0 Å². The number of aryl methyl sites for hydroxylation is 1. The van der Waals surface area contributed by atoms with Crippen molar-refractivity contribution in [1.82, 2.24) is 4.90 Å². The van der Waals surface area contributed by atoms with Crippen LogP contribution in [0.1, 0.15) is 48.6 Å². The normalized spacial score (nSPS) is 25.1. The Morgan fingerprint density at radius 2 is 2.14 bits per heavy atom. The van der Waals surface area contributed by atoms with Crippen molar-refractivity contribution in [3.05, 3.63) is 16.0 Å². The molecule has 22 heavy (non-hydrogen) atoms. The summed E-state index contributed by atoms with van der Waals surface area (Å²) < 4.78 is 5.79. The number of anilines is 1. The van der Waals surface area contributed by atoms with Crippen molar-refractivity contribution in [2.45, 2.75) is 58.1 Å². The Hall–Kier alpha value is -0.910.